The van der Waals surface area contributed by atoms with E-state index >= 15 is 0 Å². The standard InChI is InChI=1S/C17H22O2/c1-11-3-6-17(16(7-11)12(2)18)19-10-15-9-13-4-5-14(15)8-13/h3,6-7,13-15H,4-5,8-10H2,1-2H3. The van der Waals surface area contributed by atoms with Crippen molar-refractivity contribution in [2.45, 2.75) is 39.5 Å². The molecule has 3 rings (SSSR count). The SMILES string of the molecule is CC(=O)c1cc(C)ccc1OCC1CC2CCC1C2. The molecule has 0 heterocycles. The quantitative estimate of drug-likeness (QED) is 0.763. The van der Waals surface area contributed by atoms with Crippen LogP contribution >= 0.6 is 0 Å². The van der Waals surface area contributed by atoms with Gasteiger partial charge in [-0.05, 0) is 63.0 Å². The maximum atomic E-state index is 11.7. The lowest BCUT2D eigenvalue weighted by atomic mass is 9.89. The second kappa shape index (κ2) is 4.99. The number of benzene rings is 1. The molecule has 0 aliphatic heterocycles. The first-order chi connectivity index (χ1) is 9.13. The minimum absolute atomic E-state index is 0.0895. The summed E-state index contributed by atoms with van der Waals surface area (Å²) in [7, 11) is 0. The monoisotopic (exact) mass is 258 g/mol. The van der Waals surface area contributed by atoms with E-state index in [1.165, 1.54) is 25.7 Å². The van der Waals surface area contributed by atoms with E-state index in [1.807, 2.05) is 25.1 Å². The minimum Gasteiger partial charge on any atom is -0.493 e. The molecular formula is C17H22O2. The molecule has 0 spiro atoms. The zero-order valence-electron chi connectivity index (χ0n) is 11.8. The van der Waals surface area contributed by atoms with Gasteiger partial charge in [0, 0.05) is 0 Å². The number of carbonyl (C=O) groups excluding carboxylic acids is 1. The molecule has 2 bridgehead atoms. The Balaban J connectivity index is 1.68. The summed E-state index contributed by atoms with van der Waals surface area (Å²) < 4.78 is 5.97. The highest BCUT2D eigenvalue weighted by Crippen LogP contribution is 2.48. The van der Waals surface area contributed by atoms with Crippen molar-refractivity contribution < 1.29 is 9.53 Å². The van der Waals surface area contributed by atoms with E-state index in [2.05, 4.69) is 0 Å². The molecule has 2 heteroatoms. The molecule has 2 aliphatic rings. The Kier molecular flexibility index (Phi) is 3.34. The molecule has 0 amide bonds. The van der Waals surface area contributed by atoms with Crippen LogP contribution < -0.4 is 4.74 Å². The molecule has 0 saturated heterocycles. The van der Waals surface area contributed by atoms with Crippen LogP contribution in [-0.2, 0) is 0 Å². The molecule has 0 N–H and O–H groups in total. The zero-order valence-corrected chi connectivity index (χ0v) is 11.8. The van der Waals surface area contributed by atoms with Gasteiger partial charge in [-0.25, -0.2) is 0 Å². The van der Waals surface area contributed by atoms with Gasteiger partial charge in [0.1, 0.15) is 5.75 Å². The largest absolute Gasteiger partial charge is 0.493 e. The van der Waals surface area contributed by atoms with Crippen LogP contribution in [0.25, 0.3) is 0 Å². The van der Waals surface area contributed by atoms with Crippen molar-refractivity contribution in [3.8, 4) is 5.75 Å². The van der Waals surface area contributed by atoms with Gasteiger partial charge < -0.3 is 4.74 Å². The van der Waals surface area contributed by atoms with Crippen LogP contribution in [-0.4, -0.2) is 12.4 Å². The number of ether oxygens (including phenoxy) is 1. The molecule has 3 unspecified atom stereocenters. The summed E-state index contributed by atoms with van der Waals surface area (Å²) in [4.78, 5) is 11.7. The average molecular weight is 258 g/mol. The van der Waals surface area contributed by atoms with Gasteiger partial charge >= 0.3 is 0 Å². The maximum absolute atomic E-state index is 11.7. The Bertz CT molecular complexity index is 492. The fraction of sp³-hybridized carbons (Fsp3) is 0.588. The van der Waals surface area contributed by atoms with Crippen LogP contribution in [0.2, 0.25) is 0 Å². The van der Waals surface area contributed by atoms with E-state index < -0.39 is 0 Å². The zero-order chi connectivity index (χ0) is 13.4. The highest BCUT2D eigenvalue weighted by molar-refractivity contribution is 5.97. The number of Topliss-reactive ketones (excluding diaryl/α,β-unsaturated/α-hetero) is 1. The van der Waals surface area contributed by atoms with E-state index in [0.29, 0.717) is 5.92 Å². The maximum Gasteiger partial charge on any atom is 0.163 e. The van der Waals surface area contributed by atoms with Crippen molar-refractivity contribution in [3.05, 3.63) is 29.3 Å². The van der Waals surface area contributed by atoms with Crippen LogP contribution in [0.15, 0.2) is 18.2 Å². The first-order valence-electron chi connectivity index (χ1n) is 7.38. The van der Waals surface area contributed by atoms with Crippen LogP contribution in [0, 0.1) is 24.7 Å². The molecule has 1 aromatic carbocycles. The lowest BCUT2D eigenvalue weighted by molar-refractivity contribution is 0.101. The van der Waals surface area contributed by atoms with Crippen molar-refractivity contribution in [3.63, 3.8) is 0 Å². The van der Waals surface area contributed by atoms with E-state index in [0.717, 1.165) is 35.3 Å². The summed E-state index contributed by atoms with van der Waals surface area (Å²) >= 11 is 0. The van der Waals surface area contributed by atoms with Gasteiger partial charge in [0.2, 0.25) is 0 Å². The number of ketones is 1. The van der Waals surface area contributed by atoms with Gasteiger partial charge in [-0.15, -0.1) is 0 Å². The summed E-state index contributed by atoms with van der Waals surface area (Å²) in [5.41, 5.74) is 1.83. The Hall–Kier alpha value is -1.31. The molecule has 102 valence electrons. The average Bonchev–Trinajstić information content (AvgIpc) is 2.99. The molecule has 2 fully saturated rings. The summed E-state index contributed by atoms with van der Waals surface area (Å²) in [5, 5.41) is 0. The van der Waals surface area contributed by atoms with E-state index in [1.54, 1.807) is 6.92 Å². The summed E-state index contributed by atoms with van der Waals surface area (Å²) in [6.45, 7) is 4.40. The van der Waals surface area contributed by atoms with Gasteiger partial charge in [0.15, 0.2) is 5.78 Å². The molecular weight excluding hydrogens is 236 g/mol. The Labute approximate surface area is 115 Å². The highest BCUT2D eigenvalue weighted by Gasteiger charge is 2.39. The fourth-order valence-electron chi connectivity index (χ4n) is 3.82. The number of aryl methyl sites for hydroxylation is 1. The molecule has 3 atom stereocenters. The number of hydrogen-bond acceptors (Lipinski definition) is 2. The number of rotatable bonds is 4. The summed E-state index contributed by atoms with van der Waals surface area (Å²) in [6, 6.07) is 5.89. The van der Waals surface area contributed by atoms with Crippen LogP contribution in [0.4, 0.5) is 0 Å². The van der Waals surface area contributed by atoms with Crippen molar-refractivity contribution >= 4 is 5.78 Å². The summed E-state index contributed by atoms with van der Waals surface area (Å²) in [6.07, 6.45) is 5.53. The van der Waals surface area contributed by atoms with Gasteiger partial charge in [-0.1, -0.05) is 18.1 Å². The van der Waals surface area contributed by atoms with Gasteiger partial charge in [0.05, 0.1) is 12.2 Å². The van der Waals surface area contributed by atoms with Crippen LogP contribution in [0.1, 0.15) is 48.5 Å². The third-order valence-electron chi connectivity index (χ3n) is 4.85. The molecule has 0 aromatic heterocycles. The second-order valence-corrected chi connectivity index (χ2v) is 6.30. The Morgan fingerprint density at radius 2 is 2.16 bits per heavy atom. The summed E-state index contributed by atoms with van der Waals surface area (Å²) in [5.74, 6) is 3.38. The number of carbonyl (C=O) groups is 1. The molecule has 19 heavy (non-hydrogen) atoms. The van der Waals surface area contributed by atoms with Gasteiger partial charge in [-0.2, -0.15) is 0 Å². The third kappa shape index (κ3) is 2.54. The van der Waals surface area contributed by atoms with Gasteiger partial charge in [-0.3, -0.25) is 4.79 Å². The minimum atomic E-state index is 0.0895. The lowest BCUT2D eigenvalue weighted by Crippen LogP contribution is -2.19. The third-order valence-corrected chi connectivity index (χ3v) is 4.85. The molecule has 2 nitrogen and oxygen atoms in total. The second-order valence-electron chi connectivity index (χ2n) is 6.30. The molecule has 1 aromatic rings. The van der Waals surface area contributed by atoms with E-state index in [4.69, 9.17) is 4.74 Å². The number of fused-ring (bicyclic) bond motifs is 2. The van der Waals surface area contributed by atoms with E-state index in [9.17, 15) is 4.79 Å². The lowest BCUT2D eigenvalue weighted by Gasteiger charge is -2.22. The molecule has 2 saturated carbocycles. The van der Waals surface area contributed by atoms with Crippen LogP contribution in [0.5, 0.6) is 5.75 Å². The normalized spacial score (nSPS) is 28.6. The van der Waals surface area contributed by atoms with Crippen LogP contribution in [0.3, 0.4) is 0 Å². The fourth-order valence-corrected chi connectivity index (χ4v) is 3.82. The van der Waals surface area contributed by atoms with Crippen molar-refractivity contribution in [2.24, 2.45) is 17.8 Å². The van der Waals surface area contributed by atoms with E-state index in [-0.39, 0.29) is 5.78 Å². The molecule has 2 aliphatic carbocycles. The molecule has 0 radical (unpaired) electrons. The first kappa shape index (κ1) is 12.7. The topological polar surface area (TPSA) is 26.3 Å². The van der Waals surface area contributed by atoms with Crippen molar-refractivity contribution in [1.82, 2.24) is 0 Å². The van der Waals surface area contributed by atoms with Crippen molar-refractivity contribution in [2.75, 3.05) is 6.61 Å². The Morgan fingerprint density at radius 3 is 2.79 bits per heavy atom. The predicted octanol–water partition coefficient (Wildman–Crippen LogP) is 4.01. The number of hydrogen-bond donors (Lipinski definition) is 0. The first-order valence-corrected chi connectivity index (χ1v) is 7.38. The van der Waals surface area contributed by atoms with Gasteiger partial charge in [0.25, 0.3) is 0 Å². The highest BCUT2D eigenvalue weighted by atomic mass is 16.5. The smallest absolute Gasteiger partial charge is 0.163 e. The Morgan fingerprint density at radius 1 is 1.32 bits per heavy atom. The predicted molar refractivity (Wildman–Crippen MR) is 75.6 cm³/mol. The van der Waals surface area contributed by atoms with Crippen molar-refractivity contribution in [1.29, 1.82) is 0 Å².